The molecule has 1 heterocycles. The van der Waals surface area contributed by atoms with Crippen LogP contribution >= 0.6 is 0 Å². The summed E-state index contributed by atoms with van der Waals surface area (Å²) in [6.45, 7) is 8.81. The Morgan fingerprint density at radius 2 is 2.33 bits per heavy atom. The third-order valence-electron chi connectivity index (χ3n) is 2.18. The summed E-state index contributed by atoms with van der Waals surface area (Å²) in [5.41, 5.74) is 0. The third kappa shape index (κ3) is 3.91. The van der Waals surface area contributed by atoms with Crippen LogP contribution in [0.3, 0.4) is 0 Å². The number of hydrogen-bond donors (Lipinski definition) is 1. The highest BCUT2D eigenvalue weighted by Gasteiger charge is 2.03. The minimum absolute atomic E-state index is 0.446. The van der Waals surface area contributed by atoms with Crippen molar-refractivity contribution in [3.63, 3.8) is 0 Å². The molecule has 1 rings (SSSR count). The molecule has 86 valence electrons. The molecule has 0 saturated heterocycles. The average molecular weight is 211 g/mol. The molecular formula is C11H21N3O. The predicted molar refractivity (Wildman–Crippen MR) is 62.2 cm³/mol. The lowest BCUT2D eigenvalue weighted by atomic mass is 10.4. The van der Waals surface area contributed by atoms with Crippen molar-refractivity contribution in [1.82, 2.24) is 9.55 Å². The minimum Gasteiger partial charge on any atom is -0.382 e. The summed E-state index contributed by atoms with van der Waals surface area (Å²) in [7, 11) is 0. The zero-order chi connectivity index (χ0) is 11.1. The maximum atomic E-state index is 5.26. The SMILES string of the molecule is CCOCCCNc1nccn1C(C)C. The Bertz CT molecular complexity index is 271. The van der Waals surface area contributed by atoms with E-state index in [0.717, 1.165) is 32.1 Å². The van der Waals surface area contributed by atoms with Gasteiger partial charge in [0.25, 0.3) is 0 Å². The van der Waals surface area contributed by atoms with Gasteiger partial charge >= 0.3 is 0 Å². The molecule has 0 saturated carbocycles. The molecule has 4 heteroatoms. The molecular weight excluding hydrogens is 190 g/mol. The Morgan fingerprint density at radius 3 is 3.00 bits per heavy atom. The van der Waals surface area contributed by atoms with Crippen LogP contribution in [0.5, 0.6) is 0 Å². The van der Waals surface area contributed by atoms with E-state index in [4.69, 9.17) is 4.74 Å². The lowest BCUT2D eigenvalue weighted by molar-refractivity contribution is 0.147. The van der Waals surface area contributed by atoms with Crippen LogP contribution in [-0.4, -0.2) is 29.3 Å². The standard InChI is InChI=1S/C11H21N3O/c1-4-15-9-5-6-12-11-13-7-8-14(11)10(2)3/h7-8,10H,4-6,9H2,1-3H3,(H,12,13). The van der Waals surface area contributed by atoms with Gasteiger partial charge in [0.2, 0.25) is 5.95 Å². The van der Waals surface area contributed by atoms with Gasteiger partial charge < -0.3 is 14.6 Å². The summed E-state index contributed by atoms with van der Waals surface area (Å²) in [5, 5.41) is 3.31. The molecule has 0 atom stereocenters. The van der Waals surface area contributed by atoms with Gasteiger partial charge in [0.05, 0.1) is 0 Å². The van der Waals surface area contributed by atoms with Crippen LogP contribution in [0.2, 0.25) is 0 Å². The van der Waals surface area contributed by atoms with Gasteiger partial charge in [-0.2, -0.15) is 0 Å². The lowest BCUT2D eigenvalue weighted by Gasteiger charge is -2.12. The Morgan fingerprint density at radius 1 is 1.53 bits per heavy atom. The molecule has 0 amide bonds. The van der Waals surface area contributed by atoms with E-state index in [1.807, 2.05) is 19.3 Å². The summed E-state index contributed by atoms with van der Waals surface area (Å²) in [4.78, 5) is 4.27. The highest BCUT2D eigenvalue weighted by molar-refractivity contribution is 5.26. The van der Waals surface area contributed by atoms with Crippen LogP contribution in [-0.2, 0) is 4.74 Å². The first-order chi connectivity index (χ1) is 7.25. The van der Waals surface area contributed by atoms with Gasteiger partial charge in [-0.1, -0.05) is 0 Å². The molecule has 0 radical (unpaired) electrons. The third-order valence-corrected chi connectivity index (χ3v) is 2.18. The number of hydrogen-bond acceptors (Lipinski definition) is 3. The molecule has 4 nitrogen and oxygen atoms in total. The van der Waals surface area contributed by atoms with Crippen LogP contribution in [0.1, 0.15) is 33.2 Å². The van der Waals surface area contributed by atoms with Crippen molar-refractivity contribution in [1.29, 1.82) is 0 Å². The van der Waals surface area contributed by atoms with E-state index in [1.54, 1.807) is 0 Å². The molecule has 0 fully saturated rings. The zero-order valence-corrected chi connectivity index (χ0v) is 9.86. The molecule has 1 aromatic heterocycles. The van der Waals surface area contributed by atoms with E-state index in [2.05, 4.69) is 28.7 Å². The van der Waals surface area contributed by atoms with Crippen LogP contribution in [0.4, 0.5) is 5.95 Å². The smallest absolute Gasteiger partial charge is 0.203 e. The van der Waals surface area contributed by atoms with Gasteiger partial charge in [0.15, 0.2) is 0 Å². The van der Waals surface area contributed by atoms with E-state index in [0.29, 0.717) is 6.04 Å². The fraction of sp³-hybridized carbons (Fsp3) is 0.727. The number of rotatable bonds is 7. The van der Waals surface area contributed by atoms with E-state index >= 15 is 0 Å². The van der Waals surface area contributed by atoms with Crippen molar-refractivity contribution < 1.29 is 4.74 Å². The Kier molecular flexibility index (Phi) is 5.18. The molecule has 0 aromatic carbocycles. The lowest BCUT2D eigenvalue weighted by Crippen LogP contribution is -2.11. The normalized spacial score (nSPS) is 10.9. The van der Waals surface area contributed by atoms with Crippen LogP contribution in [0, 0.1) is 0 Å². The summed E-state index contributed by atoms with van der Waals surface area (Å²) in [5.74, 6) is 0.946. The Labute approximate surface area is 91.7 Å². The molecule has 1 N–H and O–H groups in total. The average Bonchev–Trinajstić information content (AvgIpc) is 2.66. The van der Waals surface area contributed by atoms with Crippen LogP contribution < -0.4 is 5.32 Å². The number of nitrogens with zero attached hydrogens (tertiary/aromatic N) is 2. The molecule has 0 aliphatic carbocycles. The number of ether oxygens (including phenoxy) is 1. The van der Waals surface area contributed by atoms with Gasteiger partial charge in [-0.15, -0.1) is 0 Å². The van der Waals surface area contributed by atoms with Gasteiger partial charge in [-0.3, -0.25) is 0 Å². The van der Waals surface area contributed by atoms with E-state index in [-0.39, 0.29) is 0 Å². The quantitative estimate of drug-likeness (QED) is 0.703. The van der Waals surface area contributed by atoms with Crippen molar-refractivity contribution in [3.05, 3.63) is 12.4 Å². The summed E-state index contributed by atoms with van der Waals surface area (Å²) < 4.78 is 7.39. The van der Waals surface area contributed by atoms with Crippen molar-refractivity contribution in [2.75, 3.05) is 25.1 Å². The number of anilines is 1. The topological polar surface area (TPSA) is 39.1 Å². The molecule has 1 aromatic rings. The van der Waals surface area contributed by atoms with E-state index in [1.165, 1.54) is 0 Å². The highest BCUT2D eigenvalue weighted by Crippen LogP contribution is 2.11. The summed E-state index contributed by atoms with van der Waals surface area (Å²) in [6, 6.07) is 0.446. The van der Waals surface area contributed by atoms with Gasteiger partial charge in [0, 0.05) is 38.2 Å². The van der Waals surface area contributed by atoms with Crippen molar-refractivity contribution in [2.24, 2.45) is 0 Å². The van der Waals surface area contributed by atoms with E-state index < -0.39 is 0 Å². The Balaban J connectivity index is 2.28. The van der Waals surface area contributed by atoms with Gasteiger partial charge in [-0.25, -0.2) is 4.98 Å². The van der Waals surface area contributed by atoms with Crippen LogP contribution in [0.15, 0.2) is 12.4 Å². The number of nitrogens with one attached hydrogen (secondary N) is 1. The maximum Gasteiger partial charge on any atom is 0.203 e. The predicted octanol–water partition coefficient (Wildman–Crippen LogP) is 2.30. The molecule has 0 bridgehead atoms. The fourth-order valence-electron chi connectivity index (χ4n) is 1.39. The number of imidazole rings is 1. The molecule has 0 aliphatic rings. The van der Waals surface area contributed by atoms with Crippen LogP contribution in [0.25, 0.3) is 0 Å². The molecule has 0 unspecified atom stereocenters. The summed E-state index contributed by atoms with van der Waals surface area (Å²) in [6.07, 6.45) is 4.83. The molecule has 0 aliphatic heterocycles. The maximum absolute atomic E-state index is 5.26. The second-order valence-corrected chi connectivity index (χ2v) is 3.73. The van der Waals surface area contributed by atoms with Crippen molar-refractivity contribution in [2.45, 2.75) is 33.2 Å². The van der Waals surface area contributed by atoms with Gasteiger partial charge in [-0.05, 0) is 27.2 Å². The van der Waals surface area contributed by atoms with E-state index in [9.17, 15) is 0 Å². The van der Waals surface area contributed by atoms with Crippen molar-refractivity contribution >= 4 is 5.95 Å². The number of aromatic nitrogens is 2. The van der Waals surface area contributed by atoms with Gasteiger partial charge in [0.1, 0.15) is 0 Å². The molecule has 15 heavy (non-hydrogen) atoms. The monoisotopic (exact) mass is 211 g/mol. The fourth-order valence-corrected chi connectivity index (χ4v) is 1.39. The molecule has 0 spiro atoms. The van der Waals surface area contributed by atoms with Crippen molar-refractivity contribution in [3.8, 4) is 0 Å². The largest absolute Gasteiger partial charge is 0.382 e. The highest BCUT2D eigenvalue weighted by atomic mass is 16.5. The minimum atomic E-state index is 0.446. The second kappa shape index (κ2) is 6.45. The zero-order valence-electron chi connectivity index (χ0n) is 9.86. The Hall–Kier alpha value is -1.03. The first kappa shape index (κ1) is 12.0. The second-order valence-electron chi connectivity index (χ2n) is 3.73. The first-order valence-electron chi connectivity index (χ1n) is 5.60. The summed E-state index contributed by atoms with van der Waals surface area (Å²) >= 11 is 0. The first-order valence-corrected chi connectivity index (χ1v) is 5.60.